The number of oxazole rings is 1. The van der Waals surface area contributed by atoms with Gasteiger partial charge in [0.1, 0.15) is 11.5 Å². The van der Waals surface area contributed by atoms with Crippen LogP contribution in [0.2, 0.25) is 0 Å². The lowest BCUT2D eigenvalue weighted by Gasteiger charge is -2.05. The predicted molar refractivity (Wildman–Crippen MR) is 67.4 cm³/mol. The average Bonchev–Trinajstić information content (AvgIpc) is 2.97. The van der Waals surface area contributed by atoms with Crippen molar-refractivity contribution < 1.29 is 9.15 Å². The van der Waals surface area contributed by atoms with E-state index in [1.54, 1.807) is 6.20 Å². The van der Waals surface area contributed by atoms with Gasteiger partial charge in [-0.2, -0.15) is 0 Å². The summed E-state index contributed by atoms with van der Waals surface area (Å²) in [6, 6.07) is 6.35. The van der Waals surface area contributed by atoms with Crippen LogP contribution in [0.25, 0.3) is 0 Å². The van der Waals surface area contributed by atoms with E-state index in [4.69, 9.17) is 9.15 Å². The molecule has 4 nitrogen and oxygen atoms in total. The SMILES string of the molecule is Cc1cnc(CNCc2ccc3c(c2)CCO3)o1. The van der Waals surface area contributed by atoms with Gasteiger partial charge in [-0.15, -0.1) is 0 Å². The minimum absolute atomic E-state index is 0.654. The zero-order valence-electron chi connectivity index (χ0n) is 10.4. The summed E-state index contributed by atoms with van der Waals surface area (Å²) in [5, 5.41) is 3.33. The highest BCUT2D eigenvalue weighted by atomic mass is 16.5. The van der Waals surface area contributed by atoms with Crippen molar-refractivity contribution in [1.29, 1.82) is 0 Å². The van der Waals surface area contributed by atoms with Crippen LogP contribution in [0, 0.1) is 6.92 Å². The summed E-state index contributed by atoms with van der Waals surface area (Å²) >= 11 is 0. The van der Waals surface area contributed by atoms with Crippen LogP contribution >= 0.6 is 0 Å². The van der Waals surface area contributed by atoms with Gasteiger partial charge in [0.25, 0.3) is 0 Å². The molecule has 4 heteroatoms. The molecule has 0 amide bonds. The summed E-state index contributed by atoms with van der Waals surface area (Å²) in [7, 11) is 0. The van der Waals surface area contributed by atoms with Crippen LogP contribution in [0.3, 0.4) is 0 Å². The molecule has 0 aliphatic carbocycles. The molecule has 0 fully saturated rings. The Balaban J connectivity index is 1.57. The Hall–Kier alpha value is -1.81. The van der Waals surface area contributed by atoms with E-state index in [2.05, 4.69) is 28.5 Å². The van der Waals surface area contributed by atoms with Gasteiger partial charge in [0.15, 0.2) is 0 Å². The number of rotatable bonds is 4. The third-order valence-electron chi connectivity index (χ3n) is 3.03. The van der Waals surface area contributed by atoms with Gasteiger partial charge >= 0.3 is 0 Å². The third-order valence-corrected chi connectivity index (χ3v) is 3.03. The zero-order valence-corrected chi connectivity index (χ0v) is 10.4. The highest BCUT2D eigenvalue weighted by molar-refractivity contribution is 5.39. The number of hydrogen-bond acceptors (Lipinski definition) is 4. The zero-order chi connectivity index (χ0) is 12.4. The van der Waals surface area contributed by atoms with Crippen LogP contribution in [0.15, 0.2) is 28.8 Å². The van der Waals surface area contributed by atoms with Crippen LogP contribution < -0.4 is 10.1 Å². The van der Waals surface area contributed by atoms with Crippen molar-refractivity contribution in [1.82, 2.24) is 10.3 Å². The Morgan fingerprint density at radius 2 is 2.28 bits per heavy atom. The molecule has 0 saturated heterocycles. The number of hydrogen-bond donors (Lipinski definition) is 1. The van der Waals surface area contributed by atoms with Gasteiger partial charge in [0.2, 0.25) is 5.89 Å². The molecule has 1 aliphatic heterocycles. The van der Waals surface area contributed by atoms with Gasteiger partial charge in [-0.25, -0.2) is 4.98 Å². The fraction of sp³-hybridized carbons (Fsp3) is 0.357. The van der Waals surface area contributed by atoms with Crippen molar-refractivity contribution in [2.75, 3.05) is 6.61 Å². The maximum atomic E-state index is 5.48. The Bertz CT molecular complexity index is 548. The Kier molecular flexibility index (Phi) is 3.02. The quantitative estimate of drug-likeness (QED) is 0.895. The summed E-state index contributed by atoms with van der Waals surface area (Å²) in [4.78, 5) is 4.16. The molecule has 1 N–H and O–H groups in total. The summed E-state index contributed by atoms with van der Waals surface area (Å²) in [5.74, 6) is 2.61. The van der Waals surface area contributed by atoms with Crippen molar-refractivity contribution in [3.63, 3.8) is 0 Å². The van der Waals surface area contributed by atoms with Gasteiger partial charge in [-0.05, 0) is 24.1 Å². The number of aromatic nitrogens is 1. The van der Waals surface area contributed by atoms with Gasteiger partial charge in [-0.1, -0.05) is 12.1 Å². The van der Waals surface area contributed by atoms with Crippen molar-refractivity contribution in [3.8, 4) is 5.75 Å². The second-order valence-corrected chi connectivity index (χ2v) is 4.51. The minimum Gasteiger partial charge on any atom is -0.493 e. The number of nitrogens with one attached hydrogen (secondary N) is 1. The molecule has 0 saturated carbocycles. The fourth-order valence-electron chi connectivity index (χ4n) is 2.15. The van der Waals surface area contributed by atoms with Crippen LogP contribution in [-0.2, 0) is 19.5 Å². The Morgan fingerprint density at radius 1 is 1.33 bits per heavy atom. The number of benzene rings is 1. The number of nitrogens with zero attached hydrogens (tertiary/aromatic N) is 1. The van der Waals surface area contributed by atoms with E-state index < -0.39 is 0 Å². The predicted octanol–water partition coefficient (Wildman–Crippen LogP) is 2.21. The lowest BCUT2D eigenvalue weighted by molar-refractivity contribution is 0.357. The van der Waals surface area contributed by atoms with Crippen molar-refractivity contribution in [2.45, 2.75) is 26.4 Å². The van der Waals surface area contributed by atoms with Gasteiger partial charge in [0, 0.05) is 13.0 Å². The van der Waals surface area contributed by atoms with Crippen LogP contribution in [0.1, 0.15) is 22.8 Å². The largest absolute Gasteiger partial charge is 0.493 e. The van der Waals surface area contributed by atoms with Gasteiger partial charge < -0.3 is 14.5 Å². The highest BCUT2D eigenvalue weighted by Crippen LogP contribution is 2.25. The third kappa shape index (κ3) is 2.38. The molecule has 0 atom stereocenters. The van der Waals surface area contributed by atoms with Crippen LogP contribution in [0.4, 0.5) is 0 Å². The molecule has 94 valence electrons. The van der Waals surface area contributed by atoms with Crippen molar-refractivity contribution >= 4 is 0 Å². The fourth-order valence-corrected chi connectivity index (χ4v) is 2.15. The lowest BCUT2D eigenvalue weighted by Crippen LogP contribution is -2.12. The number of ether oxygens (including phenoxy) is 1. The second-order valence-electron chi connectivity index (χ2n) is 4.51. The molecule has 2 heterocycles. The van der Waals surface area contributed by atoms with Gasteiger partial charge in [0.05, 0.1) is 19.3 Å². The molecule has 0 unspecified atom stereocenters. The van der Waals surface area contributed by atoms with E-state index >= 15 is 0 Å². The van der Waals surface area contributed by atoms with Crippen molar-refractivity contribution in [3.05, 3.63) is 47.2 Å². The van der Waals surface area contributed by atoms with Crippen LogP contribution in [-0.4, -0.2) is 11.6 Å². The van der Waals surface area contributed by atoms with Gasteiger partial charge in [-0.3, -0.25) is 0 Å². The van der Waals surface area contributed by atoms with Crippen LogP contribution in [0.5, 0.6) is 5.75 Å². The molecule has 1 aromatic heterocycles. The lowest BCUT2D eigenvalue weighted by atomic mass is 10.1. The molecule has 3 rings (SSSR count). The molecular weight excluding hydrogens is 228 g/mol. The monoisotopic (exact) mass is 244 g/mol. The van der Waals surface area contributed by atoms with E-state index in [9.17, 15) is 0 Å². The van der Waals surface area contributed by atoms with E-state index in [0.29, 0.717) is 6.54 Å². The molecule has 0 bridgehead atoms. The second kappa shape index (κ2) is 4.82. The first-order valence-corrected chi connectivity index (χ1v) is 6.18. The van der Waals surface area contributed by atoms with Crippen molar-refractivity contribution in [2.24, 2.45) is 0 Å². The molecule has 0 spiro atoms. The molecular formula is C14H16N2O2. The maximum Gasteiger partial charge on any atom is 0.208 e. The minimum atomic E-state index is 0.654. The van der Waals surface area contributed by atoms with E-state index in [-0.39, 0.29) is 0 Å². The Labute approximate surface area is 106 Å². The summed E-state index contributed by atoms with van der Waals surface area (Å²) in [6.45, 7) is 4.18. The topological polar surface area (TPSA) is 47.3 Å². The summed E-state index contributed by atoms with van der Waals surface area (Å²) in [5.41, 5.74) is 2.57. The maximum absolute atomic E-state index is 5.48. The number of aryl methyl sites for hydroxylation is 1. The first-order valence-electron chi connectivity index (χ1n) is 6.18. The normalized spacial score (nSPS) is 13.4. The molecule has 18 heavy (non-hydrogen) atoms. The summed E-state index contributed by atoms with van der Waals surface area (Å²) in [6.07, 6.45) is 2.76. The molecule has 1 aromatic carbocycles. The average molecular weight is 244 g/mol. The molecule has 1 aliphatic rings. The smallest absolute Gasteiger partial charge is 0.208 e. The van der Waals surface area contributed by atoms with E-state index in [1.165, 1.54) is 11.1 Å². The Morgan fingerprint density at radius 3 is 3.11 bits per heavy atom. The first kappa shape index (κ1) is 11.3. The highest BCUT2D eigenvalue weighted by Gasteiger charge is 2.11. The summed E-state index contributed by atoms with van der Waals surface area (Å²) < 4.78 is 10.9. The standard InChI is InChI=1S/C14H16N2O2/c1-10-7-16-14(18-10)9-15-8-11-2-3-13-12(6-11)4-5-17-13/h2-3,6-7,15H,4-5,8-9H2,1H3. The first-order chi connectivity index (χ1) is 8.81. The molecule has 0 radical (unpaired) electrons. The number of fused-ring (bicyclic) bond motifs is 1. The van der Waals surface area contributed by atoms with E-state index in [0.717, 1.165) is 37.0 Å². The van der Waals surface area contributed by atoms with E-state index in [1.807, 2.05) is 6.92 Å². The molecule has 2 aromatic rings.